The van der Waals surface area contributed by atoms with Gasteiger partial charge in [-0.3, -0.25) is 9.59 Å². The van der Waals surface area contributed by atoms with Crippen molar-refractivity contribution in [3.8, 4) is 0 Å². The van der Waals surface area contributed by atoms with E-state index in [-0.39, 0.29) is 55.8 Å². The highest BCUT2D eigenvalue weighted by atomic mass is 16.3. The van der Waals surface area contributed by atoms with Gasteiger partial charge in [-0.15, -0.1) is 0 Å². The molecule has 0 bridgehead atoms. The fraction of sp³-hybridized carbons (Fsp3) is 0.842. The van der Waals surface area contributed by atoms with Crippen LogP contribution in [-0.2, 0) is 9.59 Å². The van der Waals surface area contributed by atoms with Gasteiger partial charge in [0.15, 0.2) is 0 Å². The summed E-state index contributed by atoms with van der Waals surface area (Å²) in [6.07, 6.45) is 24.5. The summed E-state index contributed by atoms with van der Waals surface area (Å²) >= 11 is 0. The maximum atomic E-state index is 12.7. The molecule has 0 heterocycles. The second-order valence-corrected chi connectivity index (χ2v) is 13.6. The number of unbranched alkanes of at least 4 members (excludes halogenated alkanes) is 14. The van der Waals surface area contributed by atoms with Gasteiger partial charge in [0.25, 0.3) is 0 Å². The third-order valence-corrected chi connectivity index (χ3v) is 9.41. The lowest BCUT2D eigenvalue weighted by Gasteiger charge is -2.21. The van der Waals surface area contributed by atoms with Crippen LogP contribution in [0.1, 0.15) is 155 Å². The molecule has 8 nitrogen and oxygen atoms in total. The zero-order valence-electron chi connectivity index (χ0n) is 29.2. The molecule has 1 fully saturated rings. The number of carbonyl (C=O) groups excluding carboxylic acids is 2. The first-order valence-electron chi connectivity index (χ1n) is 18.7. The Morgan fingerprint density at radius 3 is 1.98 bits per heavy atom. The van der Waals surface area contributed by atoms with Gasteiger partial charge in [-0.2, -0.15) is 0 Å². The molecule has 1 amide bonds. The summed E-state index contributed by atoms with van der Waals surface area (Å²) in [5.74, 6) is -1.06. The number of aliphatic hydroxyl groups is 5. The maximum absolute atomic E-state index is 12.7. The number of hydrogen-bond acceptors (Lipinski definition) is 7. The molecule has 0 aliphatic heterocycles. The van der Waals surface area contributed by atoms with Crippen molar-refractivity contribution in [2.24, 2.45) is 11.8 Å². The van der Waals surface area contributed by atoms with Crippen LogP contribution in [0.5, 0.6) is 0 Å². The summed E-state index contributed by atoms with van der Waals surface area (Å²) in [4.78, 5) is 25.1. The molecule has 6 N–H and O–H groups in total. The molecule has 46 heavy (non-hydrogen) atoms. The highest BCUT2D eigenvalue weighted by Gasteiger charge is 2.41. The Morgan fingerprint density at radius 1 is 0.761 bits per heavy atom. The van der Waals surface area contributed by atoms with Gasteiger partial charge in [0, 0.05) is 37.5 Å². The van der Waals surface area contributed by atoms with E-state index in [4.69, 9.17) is 0 Å². The van der Waals surface area contributed by atoms with Gasteiger partial charge >= 0.3 is 0 Å². The second-order valence-electron chi connectivity index (χ2n) is 13.6. The molecule has 8 heteroatoms. The van der Waals surface area contributed by atoms with Gasteiger partial charge in [0.1, 0.15) is 5.78 Å². The standard InChI is InChI=1S/C38H69NO7/c1-3-5-7-8-9-10-11-12-13-14-15-16-18-23-35(43)34(29-40)39-38(46)24-20-19-22-31(42)27-33-32(36(44)28-37(33)45)26-25-30(41)21-17-6-4-2/h18,23,25-26,30,32-37,40-41,43-45H,3-17,19-22,24,27-29H2,1-2H3,(H,39,46)/b23-18+,26-25+/t30-,32+,33+,34-,35+,36+,37-/m0/s1. The molecule has 0 aromatic heterocycles. The first-order chi connectivity index (χ1) is 22.2. The average molecular weight is 652 g/mol. The number of hydrogen-bond donors (Lipinski definition) is 6. The number of rotatable bonds is 29. The molecule has 1 rings (SSSR count). The topological polar surface area (TPSA) is 147 Å². The molecule has 0 aromatic carbocycles. The van der Waals surface area contributed by atoms with Crippen LogP contribution in [0.4, 0.5) is 0 Å². The van der Waals surface area contributed by atoms with Crippen LogP contribution < -0.4 is 5.32 Å². The van der Waals surface area contributed by atoms with Gasteiger partial charge in [-0.05, 0) is 32.1 Å². The lowest BCUT2D eigenvalue weighted by Crippen LogP contribution is -2.45. The number of Topliss-reactive ketones (excluding diaryl/α,β-unsaturated/α-hetero) is 1. The molecule has 0 unspecified atom stereocenters. The smallest absolute Gasteiger partial charge is 0.220 e. The van der Waals surface area contributed by atoms with Crippen LogP contribution in [0.15, 0.2) is 24.3 Å². The van der Waals surface area contributed by atoms with Crippen LogP contribution in [0.25, 0.3) is 0 Å². The van der Waals surface area contributed by atoms with Crippen LogP contribution in [0.3, 0.4) is 0 Å². The van der Waals surface area contributed by atoms with Gasteiger partial charge < -0.3 is 30.8 Å². The Kier molecular flexibility index (Phi) is 25.3. The van der Waals surface area contributed by atoms with Crippen molar-refractivity contribution < 1.29 is 35.1 Å². The molecular formula is C38H69NO7. The van der Waals surface area contributed by atoms with E-state index >= 15 is 0 Å². The molecule has 7 atom stereocenters. The van der Waals surface area contributed by atoms with Gasteiger partial charge in [0.2, 0.25) is 5.91 Å². The quantitative estimate of drug-likeness (QED) is 0.0402. The molecule has 1 saturated carbocycles. The van der Waals surface area contributed by atoms with Gasteiger partial charge in [-0.1, -0.05) is 122 Å². The van der Waals surface area contributed by atoms with Crippen LogP contribution >= 0.6 is 0 Å². The van der Waals surface area contributed by atoms with E-state index in [1.165, 1.54) is 64.2 Å². The van der Waals surface area contributed by atoms with Crippen molar-refractivity contribution in [3.05, 3.63) is 24.3 Å². The molecule has 268 valence electrons. The van der Waals surface area contributed by atoms with Crippen LogP contribution in [0.2, 0.25) is 0 Å². The fourth-order valence-corrected chi connectivity index (χ4v) is 6.41. The predicted molar refractivity (Wildman–Crippen MR) is 186 cm³/mol. The number of aliphatic hydroxyl groups excluding tert-OH is 5. The largest absolute Gasteiger partial charge is 0.394 e. The zero-order valence-corrected chi connectivity index (χ0v) is 29.2. The summed E-state index contributed by atoms with van der Waals surface area (Å²) < 4.78 is 0. The summed E-state index contributed by atoms with van der Waals surface area (Å²) in [5.41, 5.74) is 0. The monoisotopic (exact) mass is 652 g/mol. The van der Waals surface area contributed by atoms with E-state index in [1.807, 2.05) is 6.08 Å². The number of carbonyl (C=O) groups is 2. The minimum Gasteiger partial charge on any atom is -0.394 e. The summed E-state index contributed by atoms with van der Waals surface area (Å²) in [5, 5.41) is 53.9. The molecule has 0 saturated heterocycles. The van der Waals surface area contributed by atoms with Crippen molar-refractivity contribution in [2.75, 3.05) is 6.61 Å². The SMILES string of the molecule is CCCCCCCCCCCCC/C=C/[C@@H](O)[C@H](CO)NC(=O)CCCCC(=O)C[C@@H]1[C@@H](/C=C/[C@@H](O)CCCCC)[C@H](O)C[C@@H]1O. The van der Waals surface area contributed by atoms with Crippen molar-refractivity contribution in [3.63, 3.8) is 0 Å². The molecule has 1 aliphatic rings. The number of allylic oxidation sites excluding steroid dienone is 1. The molecule has 0 aromatic rings. The first-order valence-corrected chi connectivity index (χ1v) is 18.7. The van der Waals surface area contributed by atoms with E-state index < -0.39 is 30.5 Å². The third kappa shape index (κ3) is 19.9. The maximum Gasteiger partial charge on any atom is 0.220 e. The Morgan fingerprint density at radius 2 is 1.35 bits per heavy atom. The number of nitrogens with one attached hydrogen (secondary N) is 1. The van der Waals surface area contributed by atoms with E-state index in [1.54, 1.807) is 18.2 Å². The van der Waals surface area contributed by atoms with E-state index in [9.17, 15) is 35.1 Å². The molecule has 0 spiro atoms. The third-order valence-electron chi connectivity index (χ3n) is 9.41. The molecule has 0 radical (unpaired) electrons. The lowest BCUT2D eigenvalue weighted by atomic mass is 9.87. The Labute approximate surface area is 280 Å². The van der Waals surface area contributed by atoms with E-state index in [0.29, 0.717) is 19.3 Å². The number of ketones is 1. The average Bonchev–Trinajstić information content (AvgIpc) is 3.30. The Hall–Kier alpha value is -1.58. The highest BCUT2D eigenvalue weighted by Crippen LogP contribution is 2.36. The number of amides is 1. The van der Waals surface area contributed by atoms with Gasteiger partial charge in [-0.25, -0.2) is 0 Å². The van der Waals surface area contributed by atoms with Crippen molar-refractivity contribution in [1.82, 2.24) is 5.32 Å². The fourth-order valence-electron chi connectivity index (χ4n) is 6.41. The minimum absolute atomic E-state index is 0.0212. The summed E-state index contributed by atoms with van der Waals surface area (Å²) in [6.45, 7) is 3.98. The summed E-state index contributed by atoms with van der Waals surface area (Å²) in [6, 6.07) is -0.770. The Balaban J connectivity index is 2.25. The molecule has 1 aliphatic carbocycles. The Bertz CT molecular complexity index is 832. The highest BCUT2D eigenvalue weighted by molar-refractivity contribution is 5.79. The normalized spacial score (nSPS) is 22.1. The van der Waals surface area contributed by atoms with Crippen molar-refractivity contribution >= 4 is 11.7 Å². The van der Waals surface area contributed by atoms with Crippen LogP contribution in [0, 0.1) is 11.8 Å². The predicted octanol–water partition coefficient (Wildman–Crippen LogP) is 6.46. The van der Waals surface area contributed by atoms with Gasteiger partial charge in [0.05, 0.1) is 37.1 Å². The lowest BCUT2D eigenvalue weighted by molar-refractivity contribution is -0.124. The van der Waals surface area contributed by atoms with Crippen LogP contribution in [-0.4, -0.2) is 74.3 Å². The molecular weight excluding hydrogens is 582 g/mol. The van der Waals surface area contributed by atoms with E-state index in [2.05, 4.69) is 19.2 Å². The first kappa shape index (κ1) is 42.4. The van der Waals surface area contributed by atoms with Crippen molar-refractivity contribution in [2.45, 2.75) is 186 Å². The second kappa shape index (κ2) is 27.4. The zero-order chi connectivity index (χ0) is 34.0. The van der Waals surface area contributed by atoms with Crippen molar-refractivity contribution in [1.29, 1.82) is 0 Å². The minimum atomic E-state index is -0.962. The van der Waals surface area contributed by atoms with E-state index in [0.717, 1.165) is 32.1 Å². The summed E-state index contributed by atoms with van der Waals surface area (Å²) in [7, 11) is 0.